The molecule has 1 heterocycles. The second-order valence-corrected chi connectivity index (χ2v) is 5.49. The Morgan fingerprint density at radius 1 is 1.39 bits per heavy atom. The van der Waals surface area contributed by atoms with Crippen molar-refractivity contribution >= 4 is 0 Å². The van der Waals surface area contributed by atoms with Crippen LogP contribution >= 0.6 is 0 Å². The van der Waals surface area contributed by atoms with Crippen LogP contribution < -0.4 is 10.1 Å². The highest BCUT2D eigenvalue weighted by Gasteiger charge is 2.16. The van der Waals surface area contributed by atoms with Crippen LogP contribution in [0.2, 0.25) is 0 Å². The zero-order valence-electron chi connectivity index (χ0n) is 11.8. The summed E-state index contributed by atoms with van der Waals surface area (Å²) in [5, 5.41) is 8.07. The molecule has 0 aliphatic heterocycles. The summed E-state index contributed by atoms with van der Waals surface area (Å²) in [4.78, 5) is 0. The molecule has 1 fully saturated rings. The number of aryl methyl sites for hydroxylation is 1. The molecule has 1 saturated carbocycles. The van der Waals surface area contributed by atoms with Gasteiger partial charge in [-0.25, -0.2) is 4.68 Å². The Hall–Kier alpha value is -1.03. The minimum Gasteiger partial charge on any atom is -0.481 e. The van der Waals surface area contributed by atoms with E-state index < -0.39 is 0 Å². The average Bonchev–Trinajstić information content (AvgIpc) is 2.58. The molecule has 1 aliphatic carbocycles. The molecule has 1 aromatic rings. The average molecular weight is 251 g/mol. The van der Waals surface area contributed by atoms with E-state index in [1.807, 2.05) is 13.1 Å². The fourth-order valence-electron chi connectivity index (χ4n) is 2.72. The van der Waals surface area contributed by atoms with Crippen molar-refractivity contribution in [3.05, 3.63) is 11.8 Å². The third-order valence-electron chi connectivity index (χ3n) is 3.93. The van der Waals surface area contributed by atoms with Crippen LogP contribution in [0.5, 0.6) is 5.88 Å². The predicted molar refractivity (Wildman–Crippen MR) is 72.6 cm³/mol. The molecular weight excluding hydrogens is 226 g/mol. The summed E-state index contributed by atoms with van der Waals surface area (Å²) in [5.74, 6) is 1.72. The monoisotopic (exact) mass is 251 g/mol. The van der Waals surface area contributed by atoms with Crippen LogP contribution in [0.15, 0.2) is 6.07 Å². The maximum absolute atomic E-state index is 5.22. The standard InChI is InChI=1S/C14H25N3O/c1-11-5-4-6-12(8-7-11)15-10-13-9-14(18-3)17(2)16-13/h9,11-12,15H,4-8,10H2,1-3H3. The summed E-state index contributed by atoms with van der Waals surface area (Å²) in [6.07, 6.45) is 6.68. The third kappa shape index (κ3) is 3.48. The molecule has 1 aliphatic rings. The van der Waals surface area contributed by atoms with Crippen molar-refractivity contribution in [2.24, 2.45) is 13.0 Å². The summed E-state index contributed by atoms with van der Waals surface area (Å²) in [6.45, 7) is 3.21. The van der Waals surface area contributed by atoms with Crippen molar-refractivity contribution in [2.45, 2.75) is 51.6 Å². The van der Waals surface area contributed by atoms with Crippen LogP contribution in [-0.2, 0) is 13.6 Å². The number of methoxy groups -OCH3 is 1. The highest BCUT2D eigenvalue weighted by atomic mass is 16.5. The molecule has 0 radical (unpaired) electrons. The highest BCUT2D eigenvalue weighted by Crippen LogP contribution is 2.22. The SMILES string of the molecule is COc1cc(CNC2CCCC(C)CC2)nn1C. The molecule has 102 valence electrons. The molecule has 0 saturated heterocycles. The van der Waals surface area contributed by atoms with Gasteiger partial charge in [0.25, 0.3) is 0 Å². The second-order valence-electron chi connectivity index (χ2n) is 5.49. The van der Waals surface area contributed by atoms with Gasteiger partial charge in [-0.05, 0) is 25.2 Å². The number of hydrogen-bond acceptors (Lipinski definition) is 3. The Kier molecular flexibility index (Phi) is 4.64. The van der Waals surface area contributed by atoms with Crippen molar-refractivity contribution in [2.75, 3.05) is 7.11 Å². The number of aromatic nitrogens is 2. The Balaban J connectivity index is 1.83. The molecule has 2 rings (SSSR count). The molecule has 1 aromatic heterocycles. The van der Waals surface area contributed by atoms with Gasteiger partial charge in [0.05, 0.1) is 12.8 Å². The van der Waals surface area contributed by atoms with E-state index in [1.54, 1.807) is 11.8 Å². The largest absolute Gasteiger partial charge is 0.481 e. The summed E-state index contributed by atoms with van der Waals surface area (Å²) < 4.78 is 7.01. The zero-order chi connectivity index (χ0) is 13.0. The van der Waals surface area contributed by atoms with Gasteiger partial charge in [0.15, 0.2) is 0 Å². The number of nitrogens with zero attached hydrogens (tertiary/aromatic N) is 2. The molecular formula is C14H25N3O. The van der Waals surface area contributed by atoms with Crippen molar-refractivity contribution < 1.29 is 4.74 Å². The molecule has 0 bridgehead atoms. The van der Waals surface area contributed by atoms with Gasteiger partial charge >= 0.3 is 0 Å². The maximum Gasteiger partial charge on any atom is 0.211 e. The van der Waals surface area contributed by atoms with Crippen LogP contribution in [0.1, 0.15) is 44.7 Å². The smallest absolute Gasteiger partial charge is 0.211 e. The van der Waals surface area contributed by atoms with E-state index in [9.17, 15) is 0 Å². The molecule has 2 atom stereocenters. The van der Waals surface area contributed by atoms with Crippen LogP contribution in [-0.4, -0.2) is 22.9 Å². The molecule has 18 heavy (non-hydrogen) atoms. The molecule has 0 aromatic carbocycles. The maximum atomic E-state index is 5.22. The molecule has 0 amide bonds. The van der Waals surface area contributed by atoms with E-state index in [0.29, 0.717) is 6.04 Å². The lowest BCUT2D eigenvalue weighted by Gasteiger charge is -2.15. The zero-order valence-corrected chi connectivity index (χ0v) is 11.8. The quantitative estimate of drug-likeness (QED) is 0.836. The first-order valence-corrected chi connectivity index (χ1v) is 6.99. The first kappa shape index (κ1) is 13.4. The summed E-state index contributed by atoms with van der Waals surface area (Å²) in [6, 6.07) is 2.66. The Labute approximate surface area is 110 Å². The van der Waals surface area contributed by atoms with Gasteiger partial charge in [0, 0.05) is 25.7 Å². The van der Waals surface area contributed by atoms with Gasteiger partial charge in [-0.2, -0.15) is 5.10 Å². The van der Waals surface area contributed by atoms with Crippen LogP contribution in [0.3, 0.4) is 0 Å². The van der Waals surface area contributed by atoms with E-state index in [-0.39, 0.29) is 0 Å². The van der Waals surface area contributed by atoms with E-state index in [4.69, 9.17) is 4.74 Å². The number of nitrogens with one attached hydrogen (secondary N) is 1. The van der Waals surface area contributed by atoms with E-state index in [0.717, 1.165) is 24.0 Å². The molecule has 0 spiro atoms. The molecule has 2 unspecified atom stereocenters. The van der Waals surface area contributed by atoms with Gasteiger partial charge in [-0.15, -0.1) is 0 Å². The Bertz CT molecular complexity index is 375. The van der Waals surface area contributed by atoms with Gasteiger partial charge in [0.1, 0.15) is 0 Å². The fraction of sp³-hybridized carbons (Fsp3) is 0.786. The lowest BCUT2D eigenvalue weighted by Crippen LogP contribution is -2.28. The molecule has 4 heteroatoms. The van der Waals surface area contributed by atoms with Gasteiger partial charge in [-0.1, -0.05) is 19.8 Å². The van der Waals surface area contributed by atoms with Crippen molar-refractivity contribution in [1.82, 2.24) is 15.1 Å². The first-order valence-electron chi connectivity index (χ1n) is 6.99. The lowest BCUT2D eigenvalue weighted by atomic mass is 10.0. The summed E-state index contributed by atoms with van der Waals surface area (Å²) in [5.41, 5.74) is 1.06. The van der Waals surface area contributed by atoms with Crippen molar-refractivity contribution in [3.63, 3.8) is 0 Å². The Morgan fingerprint density at radius 3 is 2.94 bits per heavy atom. The lowest BCUT2D eigenvalue weighted by molar-refractivity contribution is 0.373. The van der Waals surface area contributed by atoms with Crippen LogP contribution in [0.4, 0.5) is 0 Å². The van der Waals surface area contributed by atoms with Gasteiger partial charge in [-0.3, -0.25) is 0 Å². The fourth-order valence-corrected chi connectivity index (χ4v) is 2.72. The van der Waals surface area contributed by atoms with Crippen LogP contribution in [0.25, 0.3) is 0 Å². The topological polar surface area (TPSA) is 39.1 Å². The van der Waals surface area contributed by atoms with Crippen molar-refractivity contribution in [1.29, 1.82) is 0 Å². The second kappa shape index (κ2) is 6.23. The van der Waals surface area contributed by atoms with E-state index >= 15 is 0 Å². The van der Waals surface area contributed by atoms with Crippen molar-refractivity contribution in [3.8, 4) is 5.88 Å². The minimum atomic E-state index is 0.656. The van der Waals surface area contributed by atoms with E-state index in [1.165, 1.54) is 32.1 Å². The highest BCUT2D eigenvalue weighted by molar-refractivity contribution is 5.15. The van der Waals surface area contributed by atoms with Crippen LogP contribution in [0, 0.1) is 5.92 Å². The van der Waals surface area contributed by atoms with E-state index in [2.05, 4.69) is 17.3 Å². The summed E-state index contributed by atoms with van der Waals surface area (Å²) in [7, 11) is 3.59. The first-order chi connectivity index (χ1) is 8.69. The van der Waals surface area contributed by atoms with Gasteiger partial charge in [0.2, 0.25) is 5.88 Å². The number of ether oxygens (including phenoxy) is 1. The predicted octanol–water partition coefficient (Wildman–Crippen LogP) is 2.49. The number of rotatable bonds is 4. The minimum absolute atomic E-state index is 0.656. The third-order valence-corrected chi connectivity index (χ3v) is 3.93. The Morgan fingerprint density at radius 2 is 2.22 bits per heavy atom. The number of hydrogen-bond donors (Lipinski definition) is 1. The normalized spacial score (nSPS) is 24.8. The van der Waals surface area contributed by atoms with Gasteiger partial charge < -0.3 is 10.1 Å². The summed E-state index contributed by atoms with van der Waals surface area (Å²) >= 11 is 0. The molecule has 4 nitrogen and oxygen atoms in total. The molecule has 1 N–H and O–H groups in total.